The molecule has 0 saturated heterocycles. The fourth-order valence-electron chi connectivity index (χ4n) is 0.516. The molecule has 132 valence electrons. The van der Waals surface area contributed by atoms with Crippen molar-refractivity contribution in [3.05, 3.63) is 0 Å². The zero-order chi connectivity index (χ0) is 14.5. The van der Waals surface area contributed by atoms with Crippen LogP contribution < -0.4 is 0 Å². The maximum absolute atomic E-state index is 9.05. The molecular weight excluding hydrogens is 296 g/mol. The SMILES string of the molecule is C.C.CC[Si](C)(O)OC.CC[Si](C)(OC)OC.CO.O. The van der Waals surface area contributed by atoms with Gasteiger partial charge in [0.15, 0.2) is 0 Å². The lowest BCUT2D eigenvalue weighted by Gasteiger charge is -2.19. The van der Waals surface area contributed by atoms with Crippen molar-refractivity contribution in [1.82, 2.24) is 0 Å². The lowest BCUT2D eigenvalue weighted by atomic mass is 11.0. The predicted molar refractivity (Wildman–Crippen MR) is 92.7 cm³/mol. The number of aliphatic hydroxyl groups excluding tert-OH is 1. The van der Waals surface area contributed by atoms with Gasteiger partial charge in [0.1, 0.15) is 0 Å². The summed E-state index contributed by atoms with van der Waals surface area (Å²) in [7, 11) is 2.14. The summed E-state index contributed by atoms with van der Waals surface area (Å²) in [6, 6.07) is 1.78. The fraction of sp³-hybridized carbons (Fsp3) is 1.00. The quantitative estimate of drug-likeness (QED) is 0.749. The molecule has 6 nitrogen and oxygen atoms in total. The van der Waals surface area contributed by atoms with E-state index in [9.17, 15) is 0 Å². The summed E-state index contributed by atoms with van der Waals surface area (Å²) in [5.41, 5.74) is 0. The summed E-state index contributed by atoms with van der Waals surface area (Å²) in [5.74, 6) is 0. The fourth-order valence-corrected chi connectivity index (χ4v) is 1.55. The van der Waals surface area contributed by atoms with Crippen molar-refractivity contribution in [2.45, 2.75) is 53.9 Å². The Morgan fingerprint density at radius 1 is 0.800 bits per heavy atom. The maximum atomic E-state index is 9.05. The van der Waals surface area contributed by atoms with E-state index in [0.29, 0.717) is 0 Å². The number of rotatable bonds is 5. The minimum absolute atomic E-state index is 0. The average Bonchev–Trinajstić information content (AvgIpc) is 2.40. The first-order valence-electron chi connectivity index (χ1n) is 5.63. The highest BCUT2D eigenvalue weighted by Crippen LogP contribution is 2.08. The molecule has 0 spiro atoms. The van der Waals surface area contributed by atoms with Gasteiger partial charge in [0.25, 0.3) is 0 Å². The normalized spacial score (nSPS) is 11.7. The van der Waals surface area contributed by atoms with E-state index < -0.39 is 17.1 Å². The van der Waals surface area contributed by atoms with Crippen molar-refractivity contribution in [1.29, 1.82) is 0 Å². The summed E-state index contributed by atoms with van der Waals surface area (Å²) >= 11 is 0. The molecule has 0 aliphatic heterocycles. The molecule has 0 aliphatic rings. The highest BCUT2D eigenvalue weighted by atomic mass is 28.4. The van der Waals surface area contributed by atoms with Crippen molar-refractivity contribution in [3.63, 3.8) is 0 Å². The van der Waals surface area contributed by atoms with Gasteiger partial charge in [-0.15, -0.1) is 0 Å². The second-order valence-corrected chi connectivity index (χ2v) is 10.9. The van der Waals surface area contributed by atoms with Gasteiger partial charge in [0.05, 0.1) is 0 Å². The van der Waals surface area contributed by atoms with Gasteiger partial charge in [0.2, 0.25) is 0 Å². The van der Waals surface area contributed by atoms with Crippen molar-refractivity contribution >= 4 is 17.1 Å². The molecular formula is C12H40O6Si2. The monoisotopic (exact) mass is 336 g/mol. The van der Waals surface area contributed by atoms with Crippen LogP contribution in [-0.2, 0) is 13.3 Å². The molecule has 0 saturated carbocycles. The number of hydrogen-bond donors (Lipinski definition) is 2. The van der Waals surface area contributed by atoms with Crippen LogP contribution in [0.15, 0.2) is 0 Å². The summed E-state index contributed by atoms with van der Waals surface area (Å²) in [6.45, 7) is 7.83. The first-order valence-corrected chi connectivity index (χ1v) is 10.7. The van der Waals surface area contributed by atoms with Gasteiger partial charge in [-0.25, -0.2) is 0 Å². The Morgan fingerprint density at radius 2 is 1.10 bits per heavy atom. The molecule has 8 heteroatoms. The van der Waals surface area contributed by atoms with E-state index in [1.165, 1.54) is 0 Å². The van der Waals surface area contributed by atoms with Crippen LogP contribution in [0.4, 0.5) is 0 Å². The Kier molecular flexibility index (Phi) is 39.7. The largest absolute Gasteiger partial charge is 0.412 e. The maximum Gasteiger partial charge on any atom is 0.334 e. The zero-order valence-corrected chi connectivity index (χ0v) is 15.0. The van der Waals surface area contributed by atoms with Gasteiger partial charge in [0, 0.05) is 28.4 Å². The molecule has 0 rings (SSSR count). The molecule has 0 heterocycles. The van der Waals surface area contributed by atoms with Crippen LogP contribution in [0.25, 0.3) is 0 Å². The molecule has 0 aliphatic carbocycles. The lowest BCUT2D eigenvalue weighted by Crippen LogP contribution is -2.34. The zero-order valence-electron chi connectivity index (χ0n) is 13.0. The molecule has 0 aromatic rings. The third-order valence-electron chi connectivity index (χ3n) is 2.60. The molecule has 0 radical (unpaired) electrons. The van der Waals surface area contributed by atoms with E-state index in [1.54, 1.807) is 27.9 Å². The Balaban J connectivity index is -0.0000000385. The van der Waals surface area contributed by atoms with E-state index in [-0.39, 0.29) is 20.3 Å². The molecule has 4 N–H and O–H groups in total. The first-order chi connectivity index (χ1) is 7.80. The van der Waals surface area contributed by atoms with Crippen LogP contribution in [0.5, 0.6) is 0 Å². The molecule has 0 aromatic heterocycles. The summed E-state index contributed by atoms with van der Waals surface area (Å²) in [6.07, 6.45) is 0. The van der Waals surface area contributed by atoms with E-state index in [0.717, 1.165) is 19.2 Å². The molecule has 1 unspecified atom stereocenters. The molecule has 20 heavy (non-hydrogen) atoms. The van der Waals surface area contributed by atoms with Gasteiger partial charge in [-0.2, -0.15) is 0 Å². The van der Waals surface area contributed by atoms with Gasteiger partial charge >= 0.3 is 17.1 Å². The molecule has 1 atom stereocenters. The third-order valence-corrected chi connectivity index (χ3v) is 7.80. The van der Waals surface area contributed by atoms with E-state index >= 15 is 0 Å². The molecule has 0 bridgehead atoms. The number of hydrogen-bond acceptors (Lipinski definition) is 5. The predicted octanol–water partition coefficient (Wildman–Crippen LogP) is 2.14. The van der Waals surface area contributed by atoms with Crippen molar-refractivity contribution in [2.24, 2.45) is 0 Å². The Labute approximate surface area is 128 Å². The second kappa shape index (κ2) is 21.5. The van der Waals surface area contributed by atoms with Crippen molar-refractivity contribution in [2.75, 3.05) is 28.4 Å². The minimum Gasteiger partial charge on any atom is -0.412 e. The van der Waals surface area contributed by atoms with Gasteiger partial charge in [-0.3, -0.25) is 0 Å². The van der Waals surface area contributed by atoms with Crippen LogP contribution in [0.1, 0.15) is 28.7 Å². The first kappa shape index (κ1) is 36.9. The van der Waals surface area contributed by atoms with Crippen molar-refractivity contribution < 1.29 is 28.7 Å². The van der Waals surface area contributed by atoms with Crippen LogP contribution in [0.3, 0.4) is 0 Å². The van der Waals surface area contributed by atoms with Crippen LogP contribution >= 0.6 is 0 Å². The minimum atomic E-state index is -2.15. The summed E-state index contributed by atoms with van der Waals surface area (Å²) in [4.78, 5) is 9.05. The Morgan fingerprint density at radius 3 is 1.10 bits per heavy atom. The van der Waals surface area contributed by atoms with E-state index in [4.69, 9.17) is 23.2 Å². The Hall–Kier alpha value is 0.194. The molecule has 0 amide bonds. The van der Waals surface area contributed by atoms with E-state index in [2.05, 4.69) is 6.92 Å². The second-order valence-electron chi connectivity index (χ2n) is 3.63. The van der Waals surface area contributed by atoms with Gasteiger partial charge < -0.3 is 28.7 Å². The van der Waals surface area contributed by atoms with Crippen LogP contribution in [0, 0.1) is 0 Å². The van der Waals surface area contributed by atoms with Crippen molar-refractivity contribution in [3.8, 4) is 0 Å². The highest BCUT2D eigenvalue weighted by Gasteiger charge is 2.24. The summed E-state index contributed by atoms with van der Waals surface area (Å²) in [5, 5.41) is 7.00. The van der Waals surface area contributed by atoms with Crippen LogP contribution in [-0.4, -0.2) is 60.9 Å². The molecule has 0 fully saturated rings. The molecule has 0 aromatic carbocycles. The average molecular weight is 337 g/mol. The highest BCUT2D eigenvalue weighted by molar-refractivity contribution is 6.65. The van der Waals surface area contributed by atoms with Gasteiger partial charge in [-0.05, 0) is 25.2 Å². The topological polar surface area (TPSA) is 99.7 Å². The number of aliphatic hydroxyl groups is 1. The Bertz CT molecular complexity index is 141. The third kappa shape index (κ3) is 23.3. The standard InChI is InChI=1S/C5H14O2Si.C4H12O2Si.CH4O.2CH4.H2O/c1-5-8(4,6-2)7-3;1-4-7(3,5)6-2;1-2;;;/h5H2,1-4H3;5H,4H2,1-3H3;2H,1H3;2*1H4;1H2. The van der Waals surface area contributed by atoms with Crippen LogP contribution in [0.2, 0.25) is 25.2 Å². The van der Waals surface area contributed by atoms with E-state index in [1.807, 2.05) is 13.5 Å². The van der Waals surface area contributed by atoms with Gasteiger partial charge in [-0.1, -0.05) is 28.7 Å². The smallest absolute Gasteiger partial charge is 0.334 e. The lowest BCUT2D eigenvalue weighted by molar-refractivity contribution is 0.251. The summed E-state index contributed by atoms with van der Waals surface area (Å²) < 4.78 is 15.1.